The Kier molecular flexibility index (Phi) is 8.80. The van der Waals surface area contributed by atoms with E-state index in [0.29, 0.717) is 12.3 Å². The van der Waals surface area contributed by atoms with Gasteiger partial charge in [0, 0.05) is 31.4 Å². The fourth-order valence-electron chi connectivity index (χ4n) is 2.24. The molecule has 0 radical (unpaired) electrons. The zero-order valence-corrected chi connectivity index (χ0v) is 12.7. The van der Waals surface area contributed by atoms with Crippen LogP contribution in [0.5, 0.6) is 0 Å². The molecule has 1 aromatic rings. The van der Waals surface area contributed by atoms with E-state index in [0.717, 1.165) is 26.1 Å². The molecule has 2 atom stereocenters. The molecule has 0 saturated carbocycles. The number of carbonyl (C=O) groups is 1. The number of rotatable bonds is 5. The molecule has 2 N–H and O–H groups in total. The molecule has 110 valence electrons. The van der Waals surface area contributed by atoms with Crippen molar-refractivity contribution in [2.75, 3.05) is 13.1 Å². The van der Waals surface area contributed by atoms with Crippen molar-refractivity contribution in [1.82, 2.24) is 20.2 Å². The summed E-state index contributed by atoms with van der Waals surface area (Å²) in [4.78, 5) is 15.8. The van der Waals surface area contributed by atoms with Crippen molar-refractivity contribution in [2.45, 2.75) is 32.4 Å². The van der Waals surface area contributed by atoms with Gasteiger partial charge in [0.2, 0.25) is 5.91 Å². The number of hydrogen-bond acceptors (Lipinski definition) is 3. The molecule has 0 aromatic carbocycles. The van der Waals surface area contributed by atoms with E-state index < -0.39 is 0 Å². The fraction of sp³-hybridized carbons (Fsp3) is 0.667. The van der Waals surface area contributed by atoms with E-state index in [1.165, 1.54) is 0 Å². The van der Waals surface area contributed by atoms with E-state index in [9.17, 15) is 4.79 Å². The summed E-state index contributed by atoms with van der Waals surface area (Å²) in [6.45, 7) is 4.81. The number of nitrogens with zero attached hydrogens (tertiary/aromatic N) is 2. The highest BCUT2D eigenvalue weighted by Gasteiger charge is 2.18. The van der Waals surface area contributed by atoms with E-state index in [-0.39, 0.29) is 36.8 Å². The lowest BCUT2D eigenvalue weighted by molar-refractivity contribution is -0.122. The van der Waals surface area contributed by atoms with Gasteiger partial charge in [-0.25, -0.2) is 4.98 Å². The normalized spacial score (nSPS) is 19.1. The van der Waals surface area contributed by atoms with Crippen LogP contribution in [0, 0.1) is 5.92 Å². The van der Waals surface area contributed by atoms with Crippen LogP contribution < -0.4 is 10.6 Å². The second-order valence-electron chi connectivity index (χ2n) is 4.79. The second kappa shape index (κ2) is 9.18. The number of imidazole rings is 1. The van der Waals surface area contributed by atoms with Crippen molar-refractivity contribution in [2.24, 2.45) is 5.92 Å². The lowest BCUT2D eigenvalue weighted by Gasteiger charge is -2.15. The molecule has 0 spiro atoms. The van der Waals surface area contributed by atoms with Gasteiger partial charge in [-0.15, -0.1) is 24.8 Å². The van der Waals surface area contributed by atoms with Crippen LogP contribution in [0.2, 0.25) is 0 Å². The highest BCUT2D eigenvalue weighted by atomic mass is 35.5. The van der Waals surface area contributed by atoms with Gasteiger partial charge in [-0.3, -0.25) is 4.79 Å². The van der Waals surface area contributed by atoms with Crippen LogP contribution in [0.3, 0.4) is 0 Å². The summed E-state index contributed by atoms with van der Waals surface area (Å²) in [5.41, 5.74) is 0. The molecule has 5 nitrogen and oxygen atoms in total. The zero-order chi connectivity index (χ0) is 12.1. The molecule has 1 amide bonds. The van der Waals surface area contributed by atoms with E-state index in [1.807, 2.05) is 17.7 Å². The third-order valence-corrected chi connectivity index (χ3v) is 3.09. The Morgan fingerprint density at radius 3 is 2.95 bits per heavy atom. The summed E-state index contributed by atoms with van der Waals surface area (Å²) in [5.74, 6) is 0.668. The second-order valence-corrected chi connectivity index (χ2v) is 4.79. The minimum Gasteiger partial charge on any atom is -0.352 e. The molecular weight excluding hydrogens is 287 g/mol. The Bertz CT molecular complexity index is 353. The quantitative estimate of drug-likeness (QED) is 0.860. The van der Waals surface area contributed by atoms with Crippen LogP contribution in [0.25, 0.3) is 0 Å². The van der Waals surface area contributed by atoms with Gasteiger partial charge in [0.25, 0.3) is 0 Å². The molecule has 2 heterocycles. The van der Waals surface area contributed by atoms with Crippen LogP contribution in [-0.4, -0.2) is 34.6 Å². The van der Waals surface area contributed by atoms with Crippen molar-refractivity contribution in [3.05, 3.63) is 18.7 Å². The maximum Gasteiger partial charge on any atom is 0.220 e. The highest BCUT2D eigenvalue weighted by Crippen LogP contribution is 2.11. The molecule has 2 unspecified atom stereocenters. The van der Waals surface area contributed by atoms with Gasteiger partial charge in [-0.1, -0.05) is 0 Å². The topological polar surface area (TPSA) is 59.0 Å². The first-order valence-electron chi connectivity index (χ1n) is 6.20. The molecule has 0 aliphatic carbocycles. The third kappa shape index (κ3) is 6.27. The SMILES string of the molecule is CC(Cn1ccnc1)NC(=O)CC1CCNC1.Cl.Cl. The lowest BCUT2D eigenvalue weighted by Crippen LogP contribution is -2.36. The number of nitrogens with one attached hydrogen (secondary N) is 2. The van der Waals surface area contributed by atoms with E-state index >= 15 is 0 Å². The first kappa shape index (κ1) is 18.2. The van der Waals surface area contributed by atoms with Crippen molar-refractivity contribution in [3.8, 4) is 0 Å². The molecule has 1 aromatic heterocycles. The summed E-state index contributed by atoms with van der Waals surface area (Å²) in [7, 11) is 0. The molecular formula is C12H22Cl2N4O. The van der Waals surface area contributed by atoms with Gasteiger partial charge in [0.05, 0.1) is 6.33 Å². The predicted octanol–water partition coefficient (Wildman–Crippen LogP) is 1.23. The Labute approximate surface area is 126 Å². The Balaban J connectivity index is 0.00000162. The number of carbonyl (C=O) groups excluding carboxylic acids is 1. The Hall–Kier alpha value is -0.780. The first-order valence-corrected chi connectivity index (χ1v) is 6.20. The smallest absolute Gasteiger partial charge is 0.220 e. The summed E-state index contributed by atoms with van der Waals surface area (Å²) < 4.78 is 1.97. The molecule has 19 heavy (non-hydrogen) atoms. The first-order chi connectivity index (χ1) is 8.24. The largest absolute Gasteiger partial charge is 0.352 e. The zero-order valence-electron chi connectivity index (χ0n) is 11.0. The van der Waals surface area contributed by atoms with Crippen molar-refractivity contribution in [1.29, 1.82) is 0 Å². The minimum atomic E-state index is 0. The fourth-order valence-corrected chi connectivity index (χ4v) is 2.24. The summed E-state index contributed by atoms with van der Waals surface area (Å²) in [6, 6.07) is 0.145. The van der Waals surface area contributed by atoms with Crippen LogP contribution in [0.1, 0.15) is 19.8 Å². The molecule has 7 heteroatoms. The van der Waals surface area contributed by atoms with Crippen LogP contribution >= 0.6 is 24.8 Å². The Morgan fingerprint density at radius 1 is 1.58 bits per heavy atom. The van der Waals surface area contributed by atoms with Gasteiger partial charge in [-0.2, -0.15) is 0 Å². The predicted molar refractivity (Wildman–Crippen MR) is 79.9 cm³/mol. The summed E-state index contributed by atoms with van der Waals surface area (Å²) >= 11 is 0. The molecule has 1 aliphatic rings. The molecule has 1 fully saturated rings. The maximum absolute atomic E-state index is 11.8. The van der Waals surface area contributed by atoms with E-state index in [1.54, 1.807) is 12.5 Å². The minimum absolute atomic E-state index is 0. The Morgan fingerprint density at radius 2 is 2.37 bits per heavy atom. The van der Waals surface area contributed by atoms with Crippen LogP contribution in [-0.2, 0) is 11.3 Å². The van der Waals surface area contributed by atoms with Crippen molar-refractivity contribution < 1.29 is 4.79 Å². The monoisotopic (exact) mass is 308 g/mol. The number of halogens is 2. The summed E-state index contributed by atoms with van der Waals surface area (Å²) in [5, 5.41) is 6.30. The number of amides is 1. The molecule has 1 saturated heterocycles. The van der Waals surface area contributed by atoms with Gasteiger partial charge >= 0.3 is 0 Å². The average molecular weight is 309 g/mol. The summed E-state index contributed by atoms with van der Waals surface area (Å²) in [6.07, 6.45) is 7.18. The molecule has 1 aliphatic heterocycles. The van der Waals surface area contributed by atoms with E-state index in [4.69, 9.17) is 0 Å². The standard InChI is InChI=1S/C12H20N4O.2ClH/c1-10(8-16-5-4-14-9-16)15-12(17)6-11-2-3-13-7-11;;/h4-5,9-11,13H,2-3,6-8H2,1H3,(H,15,17);2*1H. The van der Waals surface area contributed by atoms with Crippen LogP contribution in [0.15, 0.2) is 18.7 Å². The third-order valence-electron chi connectivity index (χ3n) is 3.09. The van der Waals surface area contributed by atoms with Crippen molar-refractivity contribution >= 4 is 30.7 Å². The lowest BCUT2D eigenvalue weighted by atomic mass is 10.0. The van der Waals surface area contributed by atoms with Crippen molar-refractivity contribution in [3.63, 3.8) is 0 Å². The van der Waals surface area contributed by atoms with Crippen LogP contribution in [0.4, 0.5) is 0 Å². The van der Waals surface area contributed by atoms with Gasteiger partial charge in [0.15, 0.2) is 0 Å². The van der Waals surface area contributed by atoms with Gasteiger partial charge in [0.1, 0.15) is 0 Å². The van der Waals surface area contributed by atoms with Gasteiger partial charge in [-0.05, 0) is 32.4 Å². The number of hydrogen-bond donors (Lipinski definition) is 2. The van der Waals surface area contributed by atoms with Gasteiger partial charge < -0.3 is 15.2 Å². The highest BCUT2D eigenvalue weighted by molar-refractivity contribution is 5.85. The molecule has 2 rings (SSSR count). The maximum atomic E-state index is 11.8. The number of aromatic nitrogens is 2. The molecule has 0 bridgehead atoms. The average Bonchev–Trinajstić information content (AvgIpc) is 2.90. The van der Waals surface area contributed by atoms with E-state index in [2.05, 4.69) is 15.6 Å².